The second kappa shape index (κ2) is 9.43. The minimum atomic E-state index is 0.0772. The summed E-state index contributed by atoms with van der Waals surface area (Å²) in [6, 6.07) is 17.3. The van der Waals surface area contributed by atoms with Gasteiger partial charge in [0.15, 0.2) is 0 Å². The van der Waals surface area contributed by atoms with E-state index in [4.69, 9.17) is 0 Å². The first-order valence-electron chi connectivity index (χ1n) is 12.4. The van der Waals surface area contributed by atoms with Crippen molar-refractivity contribution in [2.24, 2.45) is 5.92 Å². The summed E-state index contributed by atoms with van der Waals surface area (Å²) in [6.45, 7) is 2.85. The SMILES string of the molecule is O=c1c2c3c(sc2ncn1Cc1ccccn1)CC(N1CCC(Cc2ccccc2)CC1)CC3. The van der Waals surface area contributed by atoms with Crippen LogP contribution in [0, 0.1) is 5.92 Å². The zero-order valence-corrected chi connectivity index (χ0v) is 20.2. The fourth-order valence-electron chi connectivity index (χ4n) is 5.74. The van der Waals surface area contributed by atoms with Crippen LogP contribution in [0.1, 0.15) is 41.0 Å². The van der Waals surface area contributed by atoms with Gasteiger partial charge < -0.3 is 0 Å². The lowest BCUT2D eigenvalue weighted by atomic mass is 9.87. The third kappa shape index (κ3) is 4.32. The number of aryl methyl sites for hydroxylation is 1. The third-order valence-corrected chi connectivity index (χ3v) is 8.76. The highest BCUT2D eigenvalue weighted by Crippen LogP contribution is 2.36. The zero-order chi connectivity index (χ0) is 22.9. The maximum Gasteiger partial charge on any atom is 0.262 e. The Morgan fingerprint density at radius 2 is 1.79 bits per heavy atom. The molecule has 0 radical (unpaired) electrons. The van der Waals surface area contributed by atoms with Gasteiger partial charge in [-0.15, -0.1) is 11.3 Å². The van der Waals surface area contributed by atoms with E-state index in [0.717, 1.165) is 41.1 Å². The van der Waals surface area contributed by atoms with Gasteiger partial charge in [-0.05, 0) is 80.8 Å². The monoisotopic (exact) mass is 470 g/mol. The molecule has 0 saturated carbocycles. The van der Waals surface area contributed by atoms with E-state index in [0.29, 0.717) is 12.6 Å². The molecule has 5 nitrogen and oxygen atoms in total. The van der Waals surface area contributed by atoms with Crippen LogP contribution in [-0.2, 0) is 25.8 Å². The van der Waals surface area contributed by atoms with Crippen molar-refractivity contribution in [3.8, 4) is 0 Å². The van der Waals surface area contributed by atoms with Crippen LogP contribution >= 0.6 is 11.3 Å². The summed E-state index contributed by atoms with van der Waals surface area (Å²) in [7, 11) is 0. The Morgan fingerprint density at radius 3 is 2.59 bits per heavy atom. The van der Waals surface area contributed by atoms with Gasteiger partial charge in [-0.1, -0.05) is 36.4 Å². The first kappa shape index (κ1) is 21.7. The molecular weight excluding hydrogens is 440 g/mol. The Balaban J connectivity index is 1.15. The Morgan fingerprint density at radius 1 is 0.971 bits per heavy atom. The molecular formula is C28H30N4OS. The number of rotatable bonds is 5. The number of fused-ring (bicyclic) bond motifs is 3. The molecule has 1 fully saturated rings. The van der Waals surface area contributed by atoms with Crippen LogP contribution in [-0.4, -0.2) is 38.6 Å². The fraction of sp³-hybridized carbons (Fsp3) is 0.393. The van der Waals surface area contributed by atoms with E-state index in [2.05, 4.69) is 45.2 Å². The molecule has 0 amide bonds. The average Bonchev–Trinajstić information content (AvgIpc) is 3.26. The quantitative estimate of drug-likeness (QED) is 0.424. The summed E-state index contributed by atoms with van der Waals surface area (Å²) < 4.78 is 1.71. The van der Waals surface area contributed by atoms with Gasteiger partial charge >= 0.3 is 0 Å². The summed E-state index contributed by atoms with van der Waals surface area (Å²) in [6.07, 6.45) is 10.4. The molecule has 34 heavy (non-hydrogen) atoms. The van der Waals surface area contributed by atoms with E-state index in [1.54, 1.807) is 28.4 Å². The molecule has 2 aliphatic rings. The molecule has 1 aromatic carbocycles. The molecule has 1 atom stereocenters. The predicted octanol–water partition coefficient (Wildman–Crippen LogP) is 4.71. The Hall–Kier alpha value is -2.83. The average molecular weight is 471 g/mol. The molecule has 1 aliphatic heterocycles. The summed E-state index contributed by atoms with van der Waals surface area (Å²) in [5, 5.41) is 0.846. The van der Waals surface area contributed by atoms with Crippen LogP contribution in [0.2, 0.25) is 0 Å². The maximum atomic E-state index is 13.3. The van der Waals surface area contributed by atoms with Gasteiger partial charge in [0, 0.05) is 17.1 Å². The van der Waals surface area contributed by atoms with Crippen LogP contribution in [0.25, 0.3) is 10.2 Å². The lowest BCUT2D eigenvalue weighted by Gasteiger charge is -2.39. The predicted molar refractivity (Wildman–Crippen MR) is 137 cm³/mol. The highest BCUT2D eigenvalue weighted by atomic mass is 32.1. The lowest BCUT2D eigenvalue weighted by Crippen LogP contribution is -2.44. The maximum absolute atomic E-state index is 13.3. The van der Waals surface area contributed by atoms with Crippen LogP contribution in [0.4, 0.5) is 0 Å². The number of aromatic nitrogens is 3. The molecule has 0 bridgehead atoms. The highest BCUT2D eigenvalue weighted by Gasteiger charge is 2.31. The lowest BCUT2D eigenvalue weighted by molar-refractivity contribution is 0.123. The number of hydrogen-bond acceptors (Lipinski definition) is 5. The zero-order valence-electron chi connectivity index (χ0n) is 19.4. The number of piperidine rings is 1. The molecule has 3 aromatic heterocycles. The third-order valence-electron chi connectivity index (χ3n) is 7.60. The van der Waals surface area contributed by atoms with Crippen molar-refractivity contribution in [1.82, 2.24) is 19.4 Å². The van der Waals surface area contributed by atoms with Crippen molar-refractivity contribution >= 4 is 21.6 Å². The topological polar surface area (TPSA) is 51.0 Å². The van der Waals surface area contributed by atoms with Crippen LogP contribution in [0.15, 0.2) is 65.8 Å². The van der Waals surface area contributed by atoms with E-state index in [1.807, 2.05) is 18.2 Å². The molecule has 0 spiro atoms. The molecule has 4 aromatic rings. The van der Waals surface area contributed by atoms with Gasteiger partial charge in [0.1, 0.15) is 4.83 Å². The summed E-state index contributed by atoms with van der Waals surface area (Å²) in [4.78, 5) is 27.3. The second-order valence-electron chi connectivity index (χ2n) is 9.75. The van der Waals surface area contributed by atoms with E-state index in [1.165, 1.54) is 48.4 Å². The molecule has 0 N–H and O–H groups in total. The van der Waals surface area contributed by atoms with Gasteiger partial charge in [0.05, 0.1) is 24.0 Å². The van der Waals surface area contributed by atoms with Crippen molar-refractivity contribution in [1.29, 1.82) is 0 Å². The minimum Gasteiger partial charge on any atom is -0.300 e. The van der Waals surface area contributed by atoms with Gasteiger partial charge in [0.2, 0.25) is 0 Å². The van der Waals surface area contributed by atoms with Crippen molar-refractivity contribution in [2.45, 2.75) is 51.1 Å². The van der Waals surface area contributed by atoms with Gasteiger partial charge in [-0.2, -0.15) is 0 Å². The summed E-state index contributed by atoms with van der Waals surface area (Å²) in [5.41, 5.74) is 3.68. The van der Waals surface area contributed by atoms with Gasteiger partial charge in [-0.25, -0.2) is 4.98 Å². The van der Waals surface area contributed by atoms with E-state index in [9.17, 15) is 4.79 Å². The van der Waals surface area contributed by atoms with E-state index < -0.39 is 0 Å². The summed E-state index contributed by atoms with van der Waals surface area (Å²) >= 11 is 1.73. The fourth-order valence-corrected chi connectivity index (χ4v) is 6.99. The number of thiophene rings is 1. The Labute approximate surface area is 204 Å². The largest absolute Gasteiger partial charge is 0.300 e. The molecule has 1 unspecified atom stereocenters. The normalized spacial score (nSPS) is 19.4. The van der Waals surface area contributed by atoms with Gasteiger partial charge in [0.25, 0.3) is 5.56 Å². The molecule has 174 valence electrons. The van der Waals surface area contributed by atoms with Crippen LogP contribution < -0.4 is 5.56 Å². The molecule has 6 heteroatoms. The van der Waals surface area contributed by atoms with E-state index >= 15 is 0 Å². The first-order chi connectivity index (χ1) is 16.7. The first-order valence-corrected chi connectivity index (χ1v) is 13.2. The van der Waals surface area contributed by atoms with Crippen LogP contribution in [0.5, 0.6) is 0 Å². The smallest absolute Gasteiger partial charge is 0.262 e. The standard InChI is InChI=1S/C28H30N4OS/c33-28-26-24-10-9-23(31-14-11-21(12-15-31)16-20-6-2-1-3-7-20)17-25(24)34-27(26)30-19-32(28)18-22-8-4-5-13-29-22/h1-8,13,19,21,23H,9-12,14-18H2. The minimum absolute atomic E-state index is 0.0772. The Kier molecular flexibility index (Phi) is 6.02. The molecule has 6 rings (SSSR count). The number of nitrogens with zero attached hydrogens (tertiary/aromatic N) is 4. The van der Waals surface area contributed by atoms with Crippen molar-refractivity contribution in [3.63, 3.8) is 0 Å². The van der Waals surface area contributed by atoms with Crippen molar-refractivity contribution in [3.05, 3.63) is 93.1 Å². The number of pyridine rings is 1. The molecule has 1 aliphatic carbocycles. The Bertz CT molecular complexity index is 1320. The van der Waals surface area contributed by atoms with Crippen LogP contribution in [0.3, 0.4) is 0 Å². The number of likely N-dealkylation sites (tertiary alicyclic amines) is 1. The van der Waals surface area contributed by atoms with Crippen molar-refractivity contribution < 1.29 is 0 Å². The van der Waals surface area contributed by atoms with Crippen molar-refractivity contribution in [2.75, 3.05) is 13.1 Å². The van der Waals surface area contributed by atoms with E-state index in [-0.39, 0.29) is 5.56 Å². The number of hydrogen-bond donors (Lipinski definition) is 0. The summed E-state index contributed by atoms with van der Waals surface area (Å²) in [5.74, 6) is 0.795. The molecule has 4 heterocycles. The second-order valence-corrected chi connectivity index (χ2v) is 10.8. The highest BCUT2D eigenvalue weighted by molar-refractivity contribution is 7.18. The van der Waals surface area contributed by atoms with Gasteiger partial charge in [-0.3, -0.25) is 19.2 Å². The number of benzene rings is 1. The molecule has 1 saturated heterocycles.